The van der Waals surface area contributed by atoms with Crippen LogP contribution in [0.2, 0.25) is 0 Å². The number of nitrogens with one attached hydrogen (secondary N) is 12. The van der Waals surface area contributed by atoms with E-state index >= 15 is 0 Å². The summed E-state index contributed by atoms with van der Waals surface area (Å²) in [5.41, 5.74) is 21.6. The highest BCUT2D eigenvalue weighted by molar-refractivity contribution is 5.98. The number of carboxylic acid groups (broad SMARTS) is 3. The van der Waals surface area contributed by atoms with E-state index in [1.807, 2.05) is 16.0 Å². The first-order chi connectivity index (χ1) is 32.7. The molecule has 0 bridgehead atoms. The highest BCUT2D eigenvalue weighted by Crippen LogP contribution is 2.06. The predicted molar refractivity (Wildman–Crippen MR) is 238 cm³/mol. The summed E-state index contributed by atoms with van der Waals surface area (Å²) in [6.45, 7) is -1.58. The van der Waals surface area contributed by atoms with E-state index in [-0.39, 0.29) is 44.3 Å². The highest BCUT2D eigenvalue weighted by atomic mass is 16.4. The second-order valence-electron chi connectivity index (χ2n) is 15.2. The molecule has 70 heavy (non-hydrogen) atoms. The van der Waals surface area contributed by atoms with E-state index in [4.69, 9.17) is 44.0 Å². The monoisotopic (exact) mass is 1000 g/mol. The minimum absolute atomic E-state index is 0.0320. The van der Waals surface area contributed by atoms with Crippen LogP contribution < -0.4 is 76.1 Å². The van der Waals surface area contributed by atoms with Crippen LogP contribution in [-0.2, 0) is 57.5 Å². The van der Waals surface area contributed by atoms with E-state index in [0.29, 0.717) is 6.42 Å². The average Bonchev–Trinajstić information content (AvgIpc) is 3.26. The van der Waals surface area contributed by atoms with Crippen molar-refractivity contribution in [3.8, 4) is 0 Å². The van der Waals surface area contributed by atoms with Crippen LogP contribution in [0.25, 0.3) is 0 Å². The topological polar surface area (TPSA) is 578 Å². The molecular weight excluding hydrogens is 941 g/mol. The molecule has 0 aliphatic heterocycles. The molecule has 0 aromatic carbocycles. The number of rotatable bonds is 35. The van der Waals surface area contributed by atoms with Gasteiger partial charge < -0.3 is 102 Å². The molecule has 0 saturated carbocycles. The summed E-state index contributed by atoms with van der Waals surface area (Å²) >= 11 is 0. The quantitative estimate of drug-likeness (QED) is 0.0159. The number of carboxylic acids is 3. The van der Waals surface area contributed by atoms with Crippen molar-refractivity contribution in [3.05, 3.63) is 0 Å². The Morgan fingerprint density at radius 3 is 1.41 bits per heavy atom. The van der Waals surface area contributed by atoms with Crippen LogP contribution in [-0.4, -0.2) is 190 Å². The number of hydrogen-bond acceptors (Lipinski definition) is 17. The molecule has 0 rings (SSSR count). The number of nitrogens with two attached hydrogens (primary N) is 4. The van der Waals surface area contributed by atoms with E-state index in [1.165, 1.54) is 0 Å². The number of hydrogen-bond donors (Lipinski definition) is 21. The third-order valence-corrected chi connectivity index (χ3v) is 9.30. The Morgan fingerprint density at radius 2 is 0.943 bits per heavy atom. The lowest BCUT2D eigenvalue weighted by Gasteiger charge is -2.25. The molecule has 0 fully saturated rings. The zero-order valence-electron chi connectivity index (χ0n) is 38.0. The van der Waals surface area contributed by atoms with Crippen LogP contribution in [0.5, 0.6) is 0 Å². The maximum Gasteiger partial charge on any atom is 0.326 e. The molecule has 0 saturated heterocycles. The van der Waals surface area contributed by atoms with Gasteiger partial charge in [-0.3, -0.25) is 63.6 Å². The average molecular weight is 1010 g/mol. The van der Waals surface area contributed by atoms with Gasteiger partial charge in [-0.1, -0.05) is 0 Å². The van der Waals surface area contributed by atoms with Crippen molar-refractivity contribution in [1.82, 2.24) is 53.2 Å². The van der Waals surface area contributed by atoms with Gasteiger partial charge in [-0.15, -0.1) is 0 Å². The Labute approximate surface area is 398 Å². The summed E-state index contributed by atoms with van der Waals surface area (Å²) < 4.78 is 0. The molecule has 0 aromatic rings. The van der Waals surface area contributed by atoms with Crippen molar-refractivity contribution in [3.63, 3.8) is 0 Å². The van der Waals surface area contributed by atoms with Crippen LogP contribution in [0, 0.1) is 10.8 Å². The van der Waals surface area contributed by atoms with Crippen LogP contribution >= 0.6 is 0 Å². The SMILES string of the molecule is C[C@@H](O)[C@H](NC(=O)CNC(=O)[C@H](CC(N)=O)NC(=O)[C@H](CO)NC(=O)CNC(=O)[C@H](CCCNC(=N)N)NC(=O)[C@@H](N)CCCNC(=N)N)C(=O)N[C@@H](CCC(=O)O)C(=O)N[C@@H](CCC(=O)O)C(=O)O. The Balaban J connectivity index is 5.73. The molecule has 33 heteroatoms. The highest BCUT2D eigenvalue weighted by Gasteiger charge is 2.33. The van der Waals surface area contributed by atoms with E-state index in [1.54, 1.807) is 0 Å². The summed E-state index contributed by atoms with van der Waals surface area (Å²) in [7, 11) is 0. The maximum absolute atomic E-state index is 13.2. The van der Waals surface area contributed by atoms with Crippen LogP contribution in [0.1, 0.15) is 64.7 Å². The molecule has 0 aromatic heterocycles. The van der Waals surface area contributed by atoms with Crippen molar-refractivity contribution in [2.45, 2.75) is 113 Å². The molecule has 0 heterocycles. The number of guanidine groups is 2. The van der Waals surface area contributed by atoms with Crippen molar-refractivity contribution in [2.75, 3.05) is 32.8 Å². The molecule has 25 N–H and O–H groups in total. The first-order valence-electron chi connectivity index (χ1n) is 21.2. The summed E-state index contributed by atoms with van der Waals surface area (Å²) in [4.78, 5) is 149. The summed E-state index contributed by atoms with van der Waals surface area (Å²) in [5.74, 6) is -15.2. The van der Waals surface area contributed by atoms with Gasteiger partial charge >= 0.3 is 17.9 Å². The van der Waals surface area contributed by atoms with E-state index in [0.717, 1.165) is 6.92 Å². The molecule has 0 radical (unpaired) electrons. The number of primary amides is 1. The summed E-state index contributed by atoms with van der Waals surface area (Å²) in [6, 6.07) is -11.5. The number of carbonyl (C=O) groups is 12. The molecule has 394 valence electrons. The van der Waals surface area contributed by atoms with Crippen molar-refractivity contribution >= 4 is 83.0 Å². The van der Waals surface area contributed by atoms with E-state index < -0.39 is 171 Å². The largest absolute Gasteiger partial charge is 0.481 e. The van der Waals surface area contributed by atoms with Crippen molar-refractivity contribution in [2.24, 2.45) is 22.9 Å². The minimum atomic E-state index is -1.91. The van der Waals surface area contributed by atoms with Gasteiger partial charge in [-0.2, -0.15) is 0 Å². The number of aliphatic hydroxyl groups is 2. The minimum Gasteiger partial charge on any atom is -0.481 e. The van der Waals surface area contributed by atoms with E-state index in [9.17, 15) is 72.9 Å². The Bertz CT molecular complexity index is 1900. The summed E-state index contributed by atoms with van der Waals surface area (Å²) in [6.07, 6.45) is -4.67. The first-order valence-corrected chi connectivity index (χ1v) is 21.2. The van der Waals surface area contributed by atoms with Gasteiger partial charge in [0.05, 0.1) is 38.3 Å². The van der Waals surface area contributed by atoms with Crippen molar-refractivity contribution < 1.29 is 83.1 Å². The summed E-state index contributed by atoms with van der Waals surface area (Å²) in [5, 5.41) is 84.1. The fraction of sp³-hybridized carbons (Fsp3) is 0.622. The van der Waals surface area contributed by atoms with Crippen molar-refractivity contribution in [1.29, 1.82) is 10.8 Å². The fourth-order valence-electron chi connectivity index (χ4n) is 5.68. The molecule has 0 unspecified atom stereocenters. The van der Waals surface area contributed by atoms with Gasteiger partial charge in [0, 0.05) is 25.9 Å². The molecule has 0 aliphatic rings. The smallest absolute Gasteiger partial charge is 0.326 e. The van der Waals surface area contributed by atoms with Gasteiger partial charge in [0.15, 0.2) is 11.9 Å². The molecule has 33 nitrogen and oxygen atoms in total. The number of aliphatic hydroxyl groups excluding tert-OH is 2. The molecular formula is C37H64N16O17. The number of carbonyl (C=O) groups excluding carboxylic acids is 9. The zero-order valence-corrected chi connectivity index (χ0v) is 38.0. The molecule has 9 amide bonds. The lowest BCUT2D eigenvalue weighted by Crippen LogP contribution is -2.59. The zero-order chi connectivity index (χ0) is 53.7. The van der Waals surface area contributed by atoms with Gasteiger partial charge in [0.1, 0.15) is 36.3 Å². The molecule has 0 aliphatic carbocycles. The van der Waals surface area contributed by atoms with Gasteiger partial charge in [-0.05, 0) is 45.4 Å². The van der Waals surface area contributed by atoms with Crippen LogP contribution in [0.4, 0.5) is 0 Å². The molecule has 0 spiro atoms. The fourth-order valence-corrected chi connectivity index (χ4v) is 5.68. The lowest BCUT2D eigenvalue weighted by molar-refractivity contribution is -0.144. The Hall–Kier alpha value is -7.94. The maximum atomic E-state index is 13.2. The first kappa shape index (κ1) is 62.1. The third kappa shape index (κ3) is 27.0. The van der Waals surface area contributed by atoms with Crippen LogP contribution in [0.15, 0.2) is 0 Å². The number of aliphatic carboxylic acids is 3. The third-order valence-electron chi connectivity index (χ3n) is 9.30. The van der Waals surface area contributed by atoms with Gasteiger partial charge in [0.2, 0.25) is 53.2 Å². The second kappa shape index (κ2) is 32.7. The van der Waals surface area contributed by atoms with E-state index in [2.05, 4.69) is 37.2 Å². The Kier molecular flexibility index (Phi) is 29.0. The number of amides is 9. The Morgan fingerprint density at radius 1 is 0.514 bits per heavy atom. The van der Waals surface area contributed by atoms with Gasteiger partial charge in [-0.25, -0.2) is 4.79 Å². The lowest BCUT2D eigenvalue weighted by atomic mass is 10.1. The molecule has 8 atom stereocenters. The predicted octanol–water partition coefficient (Wildman–Crippen LogP) is -9.96. The van der Waals surface area contributed by atoms with Crippen LogP contribution in [0.3, 0.4) is 0 Å². The normalized spacial score (nSPS) is 14.1. The standard InChI is InChI=1S/C37H64N16O17/c1-16(55)28(34(68)50-19(6-8-26(59)60)32(66)51-20(35(69)70)7-9-27(61)62)53-25(58)14-47-31(65)21(12-23(39)56)52-33(67)22(15-54)48-24(57)13-46-30(64)18(5-3-11-45-37(42)43)49-29(63)17(38)4-2-10-44-36(40)41/h16-22,28,54-55H,2-15,38H2,1H3,(H2,39,56)(H,46,64)(H,47,65)(H,48,57)(H,49,63)(H,50,68)(H,51,66)(H,52,67)(H,53,58)(H,59,60)(H,61,62)(H,69,70)(H4,40,41,44)(H4,42,43,45)/t16-,17+,18+,19+,20+,21+,22+,28+/m1/s1. The van der Waals surface area contributed by atoms with Gasteiger partial charge in [0.25, 0.3) is 0 Å². The second-order valence-corrected chi connectivity index (χ2v) is 15.2.